The van der Waals surface area contributed by atoms with Gasteiger partial charge in [0, 0.05) is 11.4 Å². The standard InChI is InChI=1S/C24H38N4O/c1-5-27(6-2)23(19-9-13-21(25)14-10-19)17-29-18-24(28(7-3)8-4)20-11-15-22(26)16-12-20/h9-16,23-24H,5-8,17-18,25-26H2,1-4H3. The molecule has 160 valence electrons. The molecular formula is C24H38N4O. The molecule has 0 aliphatic carbocycles. The van der Waals surface area contributed by atoms with Gasteiger partial charge < -0.3 is 16.2 Å². The normalized spacial score (nSPS) is 13.7. The predicted octanol–water partition coefficient (Wildman–Crippen LogP) is 4.33. The lowest BCUT2D eigenvalue weighted by Crippen LogP contribution is -2.35. The second-order valence-corrected chi connectivity index (χ2v) is 7.34. The quantitative estimate of drug-likeness (QED) is 0.521. The fourth-order valence-corrected chi connectivity index (χ4v) is 3.88. The fraction of sp³-hybridized carbons (Fsp3) is 0.500. The van der Waals surface area contributed by atoms with Crippen molar-refractivity contribution in [2.45, 2.75) is 39.8 Å². The van der Waals surface area contributed by atoms with Crippen molar-refractivity contribution in [1.29, 1.82) is 0 Å². The summed E-state index contributed by atoms with van der Waals surface area (Å²) in [5.41, 5.74) is 15.8. The molecule has 2 atom stereocenters. The highest BCUT2D eigenvalue weighted by molar-refractivity contribution is 5.41. The van der Waals surface area contributed by atoms with Gasteiger partial charge in [-0.15, -0.1) is 0 Å². The Morgan fingerprint density at radius 3 is 1.21 bits per heavy atom. The van der Waals surface area contributed by atoms with E-state index in [9.17, 15) is 0 Å². The predicted molar refractivity (Wildman–Crippen MR) is 124 cm³/mol. The lowest BCUT2D eigenvalue weighted by molar-refractivity contribution is 0.0248. The first-order valence-electron chi connectivity index (χ1n) is 10.8. The summed E-state index contributed by atoms with van der Waals surface area (Å²) in [7, 11) is 0. The number of hydrogen-bond donors (Lipinski definition) is 2. The molecule has 2 rings (SSSR count). The Morgan fingerprint density at radius 2 is 0.931 bits per heavy atom. The van der Waals surface area contributed by atoms with Crippen molar-refractivity contribution in [2.75, 3.05) is 50.9 Å². The largest absolute Gasteiger partial charge is 0.399 e. The second-order valence-electron chi connectivity index (χ2n) is 7.34. The average Bonchev–Trinajstić information content (AvgIpc) is 2.74. The zero-order valence-electron chi connectivity index (χ0n) is 18.5. The molecule has 0 saturated carbocycles. The molecule has 0 amide bonds. The molecule has 0 saturated heterocycles. The van der Waals surface area contributed by atoms with E-state index in [1.165, 1.54) is 11.1 Å². The number of likely N-dealkylation sites (N-methyl/N-ethyl adjacent to an activating group) is 2. The molecule has 29 heavy (non-hydrogen) atoms. The van der Waals surface area contributed by atoms with Crippen LogP contribution in [0.4, 0.5) is 11.4 Å². The second kappa shape index (κ2) is 11.8. The Kier molecular flexibility index (Phi) is 9.45. The number of nitrogens with two attached hydrogens (primary N) is 2. The summed E-state index contributed by atoms with van der Waals surface area (Å²) < 4.78 is 6.35. The monoisotopic (exact) mass is 398 g/mol. The molecular weight excluding hydrogens is 360 g/mol. The molecule has 0 bridgehead atoms. The maximum Gasteiger partial charge on any atom is 0.0664 e. The van der Waals surface area contributed by atoms with Crippen molar-refractivity contribution >= 4 is 11.4 Å². The lowest BCUT2D eigenvalue weighted by Gasteiger charge is -2.33. The van der Waals surface area contributed by atoms with Crippen molar-refractivity contribution in [3.05, 3.63) is 59.7 Å². The van der Waals surface area contributed by atoms with Gasteiger partial charge in [-0.05, 0) is 61.6 Å². The van der Waals surface area contributed by atoms with E-state index < -0.39 is 0 Å². The highest BCUT2D eigenvalue weighted by Crippen LogP contribution is 2.25. The number of nitrogens with zero attached hydrogens (tertiary/aromatic N) is 2. The summed E-state index contributed by atoms with van der Waals surface area (Å²) in [5.74, 6) is 0. The van der Waals surface area contributed by atoms with Crippen molar-refractivity contribution in [1.82, 2.24) is 9.80 Å². The molecule has 2 unspecified atom stereocenters. The zero-order valence-corrected chi connectivity index (χ0v) is 18.5. The Balaban J connectivity index is 2.14. The number of ether oxygens (including phenoxy) is 1. The maximum atomic E-state index is 6.35. The van der Waals surface area contributed by atoms with E-state index in [4.69, 9.17) is 16.2 Å². The number of anilines is 2. The van der Waals surface area contributed by atoms with Crippen LogP contribution in [0.25, 0.3) is 0 Å². The highest BCUT2D eigenvalue weighted by atomic mass is 16.5. The van der Waals surface area contributed by atoms with Gasteiger partial charge in [0.25, 0.3) is 0 Å². The first kappa shape index (κ1) is 23.2. The summed E-state index contributed by atoms with van der Waals surface area (Å²) >= 11 is 0. The molecule has 5 nitrogen and oxygen atoms in total. The van der Waals surface area contributed by atoms with Gasteiger partial charge in [-0.25, -0.2) is 0 Å². The zero-order chi connectivity index (χ0) is 21.2. The molecule has 0 aromatic heterocycles. The summed E-state index contributed by atoms with van der Waals surface area (Å²) in [4.78, 5) is 4.86. The molecule has 0 heterocycles. The van der Waals surface area contributed by atoms with Gasteiger partial charge in [0.15, 0.2) is 0 Å². The van der Waals surface area contributed by atoms with E-state index in [-0.39, 0.29) is 12.1 Å². The number of nitrogen functional groups attached to an aromatic ring is 2. The van der Waals surface area contributed by atoms with E-state index in [0.29, 0.717) is 13.2 Å². The van der Waals surface area contributed by atoms with Crippen LogP contribution in [0.2, 0.25) is 0 Å². The van der Waals surface area contributed by atoms with E-state index in [1.807, 2.05) is 24.3 Å². The summed E-state index contributed by atoms with van der Waals surface area (Å²) in [5, 5.41) is 0. The molecule has 0 fully saturated rings. The molecule has 5 heteroatoms. The number of benzene rings is 2. The van der Waals surface area contributed by atoms with Crippen LogP contribution >= 0.6 is 0 Å². The third kappa shape index (κ3) is 6.46. The molecule has 0 aliphatic rings. The Bertz CT molecular complexity index is 632. The highest BCUT2D eigenvalue weighted by Gasteiger charge is 2.22. The Hall–Kier alpha value is -2.08. The van der Waals surface area contributed by atoms with E-state index in [1.54, 1.807) is 0 Å². The van der Waals surface area contributed by atoms with Gasteiger partial charge in [-0.1, -0.05) is 52.0 Å². The minimum Gasteiger partial charge on any atom is -0.399 e. The van der Waals surface area contributed by atoms with Gasteiger partial charge in [0.2, 0.25) is 0 Å². The molecule has 0 spiro atoms. The molecule has 0 aliphatic heterocycles. The van der Waals surface area contributed by atoms with Crippen molar-refractivity contribution in [3.63, 3.8) is 0 Å². The lowest BCUT2D eigenvalue weighted by atomic mass is 10.0. The van der Waals surface area contributed by atoms with Crippen molar-refractivity contribution < 1.29 is 4.74 Å². The molecule has 0 radical (unpaired) electrons. The maximum absolute atomic E-state index is 6.35. The fourth-order valence-electron chi connectivity index (χ4n) is 3.88. The number of hydrogen-bond acceptors (Lipinski definition) is 5. The van der Waals surface area contributed by atoms with Gasteiger partial charge in [0.1, 0.15) is 0 Å². The van der Waals surface area contributed by atoms with Gasteiger partial charge in [-0.3, -0.25) is 9.80 Å². The smallest absolute Gasteiger partial charge is 0.0664 e. The van der Waals surface area contributed by atoms with Gasteiger partial charge in [-0.2, -0.15) is 0 Å². The minimum atomic E-state index is 0.217. The van der Waals surface area contributed by atoms with Crippen LogP contribution in [0.3, 0.4) is 0 Å². The molecule has 2 aromatic carbocycles. The summed E-state index contributed by atoms with van der Waals surface area (Å²) in [6, 6.07) is 16.8. The van der Waals surface area contributed by atoms with Crippen LogP contribution < -0.4 is 11.5 Å². The third-order valence-electron chi connectivity index (χ3n) is 5.70. The Morgan fingerprint density at radius 1 is 0.621 bits per heavy atom. The SMILES string of the molecule is CCN(CC)C(COCC(c1ccc(N)cc1)N(CC)CC)c1ccc(N)cc1. The van der Waals surface area contributed by atoms with Crippen LogP contribution in [0.15, 0.2) is 48.5 Å². The van der Waals surface area contributed by atoms with Crippen LogP contribution in [0.1, 0.15) is 50.9 Å². The van der Waals surface area contributed by atoms with Crippen LogP contribution in [-0.4, -0.2) is 49.2 Å². The first-order valence-corrected chi connectivity index (χ1v) is 10.8. The van der Waals surface area contributed by atoms with E-state index in [2.05, 4.69) is 61.8 Å². The van der Waals surface area contributed by atoms with Crippen LogP contribution in [-0.2, 0) is 4.74 Å². The Labute approximate surface area is 176 Å². The average molecular weight is 399 g/mol. The van der Waals surface area contributed by atoms with Crippen molar-refractivity contribution in [2.24, 2.45) is 0 Å². The minimum absolute atomic E-state index is 0.217. The van der Waals surface area contributed by atoms with E-state index >= 15 is 0 Å². The van der Waals surface area contributed by atoms with E-state index in [0.717, 1.165) is 37.6 Å². The molecule has 4 N–H and O–H groups in total. The summed E-state index contributed by atoms with van der Waals surface area (Å²) in [6.45, 7) is 14.0. The topological polar surface area (TPSA) is 67.8 Å². The van der Waals surface area contributed by atoms with Crippen LogP contribution in [0.5, 0.6) is 0 Å². The summed E-state index contributed by atoms with van der Waals surface area (Å²) in [6.07, 6.45) is 0. The van der Waals surface area contributed by atoms with Crippen molar-refractivity contribution in [3.8, 4) is 0 Å². The third-order valence-corrected chi connectivity index (χ3v) is 5.70. The van der Waals surface area contributed by atoms with Gasteiger partial charge in [0.05, 0.1) is 25.3 Å². The number of rotatable bonds is 12. The van der Waals surface area contributed by atoms with Gasteiger partial charge >= 0.3 is 0 Å². The van der Waals surface area contributed by atoms with Crippen LogP contribution in [0, 0.1) is 0 Å². The molecule has 2 aromatic rings. The first-order chi connectivity index (χ1) is 14.0.